The van der Waals surface area contributed by atoms with Gasteiger partial charge in [0.05, 0.1) is 11.4 Å². The highest BCUT2D eigenvalue weighted by Gasteiger charge is 2.27. The van der Waals surface area contributed by atoms with Crippen LogP contribution in [0.15, 0.2) is 64.4 Å². The van der Waals surface area contributed by atoms with Crippen LogP contribution in [0.4, 0.5) is 11.4 Å². The van der Waals surface area contributed by atoms with Gasteiger partial charge in [0.25, 0.3) is 10.1 Å². The normalized spacial score (nSPS) is 12.2. The molecular formula is C16H14N2O6S2. The van der Waals surface area contributed by atoms with E-state index in [1.165, 1.54) is 30.3 Å². The molecule has 26 heavy (non-hydrogen) atoms. The van der Waals surface area contributed by atoms with Crippen molar-refractivity contribution in [2.45, 2.75) is 9.79 Å². The first-order chi connectivity index (χ1) is 12.1. The van der Waals surface area contributed by atoms with Crippen molar-refractivity contribution >= 4 is 42.4 Å². The van der Waals surface area contributed by atoms with Gasteiger partial charge in [-0.2, -0.15) is 16.8 Å². The van der Waals surface area contributed by atoms with Crippen LogP contribution < -0.4 is 15.7 Å². The molecule has 0 aliphatic rings. The van der Waals surface area contributed by atoms with E-state index >= 15 is 0 Å². The van der Waals surface area contributed by atoms with Gasteiger partial charge in [-0.05, 0) is 23.6 Å². The quantitative estimate of drug-likeness (QED) is 0.345. The summed E-state index contributed by atoms with van der Waals surface area (Å²) in [7, 11) is -9.26. The van der Waals surface area contributed by atoms with Gasteiger partial charge in [0, 0.05) is 5.39 Å². The summed E-state index contributed by atoms with van der Waals surface area (Å²) in [6.07, 6.45) is 0. The second-order valence-electron chi connectivity index (χ2n) is 5.39. The number of hydrogen-bond acceptors (Lipinski definition) is 7. The maximum absolute atomic E-state index is 12.7. The first-order valence-electron chi connectivity index (χ1n) is 7.19. The Morgan fingerprint density at radius 1 is 0.808 bits per heavy atom. The van der Waals surface area contributed by atoms with Crippen molar-refractivity contribution < 1.29 is 25.6 Å². The minimum atomic E-state index is -4.74. The number of anilines is 2. The lowest BCUT2D eigenvalue weighted by molar-refractivity contribution is 0.466. The van der Waals surface area contributed by atoms with E-state index in [-0.39, 0.29) is 16.8 Å². The van der Waals surface area contributed by atoms with Crippen LogP contribution in [0.3, 0.4) is 0 Å². The van der Waals surface area contributed by atoms with E-state index in [9.17, 15) is 21.4 Å². The van der Waals surface area contributed by atoms with Crippen LogP contribution in [0.2, 0.25) is 0 Å². The number of rotatable bonds is 4. The molecule has 5 N–H and O–H groups in total. The lowest BCUT2D eigenvalue weighted by Crippen LogP contribution is -2.15. The third-order valence-electron chi connectivity index (χ3n) is 3.68. The van der Waals surface area contributed by atoms with Gasteiger partial charge >= 0.3 is 10.1 Å². The van der Waals surface area contributed by atoms with Gasteiger partial charge in [-0.15, -0.1) is 0 Å². The Hall–Kier alpha value is -2.82. The summed E-state index contributed by atoms with van der Waals surface area (Å²) in [6.45, 7) is 0. The largest absolute Gasteiger partial charge is 0.397 e. The third kappa shape index (κ3) is 3.17. The first kappa shape index (κ1) is 18.0. The van der Waals surface area contributed by atoms with Crippen LogP contribution in [0.25, 0.3) is 10.8 Å². The second-order valence-corrected chi connectivity index (χ2v) is 8.29. The fraction of sp³-hybridized carbons (Fsp3) is 0. The van der Waals surface area contributed by atoms with E-state index in [2.05, 4.69) is 0 Å². The highest BCUT2D eigenvalue weighted by atomic mass is 32.2. The summed E-state index contributed by atoms with van der Waals surface area (Å²) < 4.78 is 63.2. The molecule has 136 valence electrons. The summed E-state index contributed by atoms with van der Waals surface area (Å²) >= 11 is 0. The molecule has 3 aromatic carbocycles. The van der Waals surface area contributed by atoms with E-state index in [1.54, 1.807) is 18.2 Å². The Morgan fingerprint density at radius 3 is 2.19 bits per heavy atom. The van der Waals surface area contributed by atoms with E-state index < -0.39 is 35.8 Å². The number of fused-ring (bicyclic) bond motifs is 1. The van der Waals surface area contributed by atoms with Crippen molar-refractivity contribution in [2.24, 2.45) is 0 Å². The molecule has 0 bridgehead atoms. The zero-order chi connectivity index (χ0) is 19.1. The Morgan fingerprint density at radius 2 is 1.50 bits per heavy atom. The molecule has 0 aliphatic heterocycles. The van der Waals surface area contributed by atoms with Crippen LogP contribution in [-0.4, -0.2) is 21.4 Å². The summed E-state index contributed by atoms with van der Waals surface area (Å²) in [4.78, 5) is -1.09. The van der Waals surface area contributed by atoms with Crippen molar-refractivity contribution in [1.82, 2.24) is 0 Å². The summed E-state index contributed by atoms with van der Waals surface area (Å²) in [5.74, 6) is -0.521. The number of hydrogen-bond donors (Lipinski definition) is 3. The van der Waals surface area contributed by atoms with Crippen molar-refractivity contribution in [3.05, 3.63) is 54.6 Å². The van der Waals surface area contributed by atoms with E-state index in [0.29, 0.717) is 5.39 Å². The number of nitrogen functional groups attached to an aromatic ring is 2. The minimum Gasteiger partial charge on any atom is -0.397 e. The van der Waals surface area contributed by atoms with Crippen LogP contribution in [0.5, 0.6) is 5.75 Å². The van der Waals surface area contributed by atoms with Gasteiger partial charge in [-0.25, -0.2) is 0 Å². The van der Waals surface area contributed by atoms with E-state index in [4.69, 9.17) is 15.7 Å². The van der Waals surface area contributed by atoms with Crippen molar-refractivity contribution in [3.8, 4) is 5.75 Å². The maximum atomic E-state index is 12.7. The Balaban J connectivity index is 2.27. The maximum Gasteiger partial charge on any atom is 0.341 e. The number of para-hydroxylation sites is 1. The van der Waals surface area contributed by atoms with Gasteiger partial charge in [-0.3, -0.25) is 4.55 Å². The smallest absolute Gasteiger partial charge is 0.341 e. The highest BCUT2D eigenvalue weighted by Crippen LogP contribution is 2.36. The van der Waals surface area contributed by atoms with Crippen LogP contribution in [0.1, 0.15) is 0 Å². The molecule has 0 heterocycles. The molecule has 0 amide bonds. The average Bonchev–Trinajstić information content (AvgIpc) is 2.56. The zero-order valence-corrected chi connectivity index (χ0v) is 14.8. The average molecular weight is 394 g/mol. The third-order valence-corrected chi connectivity index (χ3v) is 5.84. The molecule has 0 saturated carbocycles. The zero-order valence-electron chi connectivity index (χ0n) is 13.2. The SMILES string of the molecule is Nc1cccc(S(=O)(=O)Oc2c(S(=O)(=O)O)ccc3ccccc23)c1N. The summed E-state index contributed by atoms with van der Waals surface area (Å²) in [5.41, 5.74) is 11.1. The topological polar surface area (TPSA) is 150 Å². The first-order valence-corrected chi connectivity index (χ1v) is 10.0. The lowest BCUT2D eigenvalue weighted by atomic mass is 10.1. The molecule has 0 atom stereocenters. The molecule has 0 saturated heterocycles. The summed E-state index contributed by atoms with van der Waals surface area (Å²) in [5, 5.41) is 0.708. The molecule has 0 aromatic heterocycles. The summed E-state index contributed by atoms with van der Waals surface area (Å²) in [6, 6.07) is 12.8. The van der Waals surface area contributed by atoms with Gasteiger partial charge < -0.3 is 15.7 Å². The van der Waals surface area contributed by atoms with Crippen molar-refractivity contribution in [1.29, 1.82) is 0 Å². The van der Waals surface area contributed by atoms with Gasteiger partial charge in [-0.1, -0.05) is 36.4 Å². The Bertz CT molecular complexity index is 1220. The predicted octanol–water partition coefficient (Wildman–Crippen LogP) is 2.02. The monoisotopic (exact) mass is 394 g/mol. The van der Waals surface area contributed by atoms with E-state index in [0.717, 1.165) is 6.07 Å². The highest BCUT2D eigenvalue weighted by molar-refractivity contribution is 7.87. The van der Waals surface area contributed by atoms with Crippen LogP contribution in [0, 0.1) is 0 Å². The van der Waals surface area contributed by atoms with Crippen molar-refractivity contribution in [3.63, 3.8) is 0 Å². The molecular weight excluding hydrogens is 380 g/mol. The van der Waals surface area contributed by atoms with Crippen LogP contribution >= 0.6 is 0 Å². The van der Waals surface area contributed by atoms with Gasteiger partial charge in [0.15, 0.2) is 5.75 Å². The molecule has 3 rings (SSSR count). The standard InChI is InChI=1S/C16H14N2O6S2/c17-12-6-3-7-13(15(12)18)26(22,23)24-16-11-5-2-1-4-10(11)8-9-14(16)25(19,20)21/h1-9H,17-18H2,(H,19,20,21). The molecule has 0 spiro atoms. The minimum absolute atomic E-state index is 0.0302. The lowest BCUT2D eigenvalue weighted by Gasteiger charge is -2.14. The van der Waals surface area contributed by atoms with Gasteiger partial charge in [0.1, 0.15) is 9.79 Å². The fourth-order valence-corrected chi connectivity index (χ4v) is 4.25. The Kier molecular flexibility index (Phi) is 4.26. The molecule has 0 fully saturated rings. The Labute approximate surface area is 149 Å². The molecule has 3 aromatic rings. The fourth-order valence-electron chi connectivity index (χ4n) is 2.45. The molecule has 10 heteroatoms. The number of benzene rings is 3. The van der Waals surface area contributed by atoms with E-state index in [1.807, 2.05) is 0 Å². The number of nitrogens with two attached hydrogens (primary N) is 2. The molecule has 8 nitrogen and oxygen atoms in total. The molecule has 0 radical (unpaired) electrons. The second kappa shape index (κ2) is 6.16. The van der Waals surface area contributed by atoms with Crippen LogP contribution in [-0.2, 0) is 20.2 Å². The molecule has 0 aliphatic carbocycles. The predicted molar refractivity (Wildman–Crippen MR) is 96.8 cm³/mol. The molecule has 0 unspecified atom stereocenters. The van der Waals surface area contributed by atoms with Gasteiger partial charge in [0.2, 0.25) is 0 Å². The van der Waals surface area contributed by atoms with Crippen molar-refractivity contribution in [2.75, 3.05) is 11.5 Å².